The molecule has 6 nitrogen and oxygen atoms in total. The van der Waals surface area contributed by atoms with E-state index < -0.39 is 0 Å². The van der Waals surface area contributed by atoms with E-state index in [0.29, 0.717) is 13.1 Å². The summed E-state index contributed by atoms with van der Waals surface area (Å²) in [4.78, 5) is 23.9. The first-order valence-electron chi connectivity index (χ1n) is 8.19. The van der Waals surface area contributed by atoms with Gasteiger partial charge in [-0.1, -0.05) is 0 Å². The first-order chi connectivity index (χ1) is 11.4. The van der Waals surface area contributed by atoms with E-state index in [1.807, 2.05) is 27.0 Å². The third kappa shape index (κ3) is 2.82. The normalized spacial score (nSPS) is 14.5. The minimum Gasteiger partial charge on any atom is -0.496 e. The summed E-state index contributed by atoms with van der Waals surface area (Å²) in [6.45, 7) is 8.11. The second-order valence-corrected chi connectivity index (χ2v) is 6.46. The van der Waals surface area contributed by atoms with Crippen LogP contribution in [-0.2, 0) is 26.6 Å². The van der Waals surface area contributed by atoms with Gasteiger partial charge < -0.3 is 4.74 Å². The van der Waals surface area contributed by atoms with E-state index in [4.69, 9.17) is 4.74 Å². The molecule has 0 radical (unpaired) electrons. The molecule has 1 aliphatic heterocycles. The zero-order valence-electron chi connectivity index (χ0n) is 15.0. The number of methoxy groups -OCH3 is 1. The van der Waals surface area contributed by atoms with Crippen molar-refractivity contribution in [3.63, 3.8) is 0 Å². The van der Waals surface area contributed by atoms with Gasteiger partial charge in [-0.2, -0.15) is 0 Å². The van der Waals surface area contributed by atoms with E-state index in [0.717, 1.165) is 52.6 Å². The lowest BCUT2D eigenvalue weighted by molar-refractivity contribution is 0.237. The summed E-state index contributed by atoms with van der Waals surface area (Å²) < 4.78 is 7.11. The molecule has 2 aromatic heterocycles. The number of fused-ring (bicyclic) bond motifs is 1. The maximum Gasteiger partial charge on any atom is 0.257 e. The van der Waals surface area contributed by atoms with Gasteiger partial charge in [0, 0.05) is 50.4 Å². The number of aryl methyl sites for hydroxylation is 2. The molecule has 0 fully saturated rings. The van der Waals surface area contributed by atoms with Crippen LogP contribution in [0.25, 0.3) is 0 Å². The van der Waals surface area contributed by atoms with Crippen LogP contribution in [0.3, 0.4) is 0 Å². The van der Waals surface area contributed by atoms with Gasteiger partial charge in [-0.25, -0.2) is 4.98 Å². The fourth-order valence-corrected chi connectivity index (χ4v) is 3.32. The van der Waals surface area contributed by atoms with Crippen molar-refractivity contribution < 1.29 is 4.74 Å². The maximum atomic E-state index is 12.5. The van der Waals surface area contributed by atoms with Gasteiger partial charge in [0.05, 0.1) is 24.1 Å². The summed E-state index contributed by atoms with van der Waals surface area (Å²) >= 11 is 0. The first kappa shape index (κ1) is 16.6. The zero-order valence-corrected chi connectivity index (χ0v) is 15.0. The van der Waals surface area contributed by atoms with Crippen LogP contribution in [0.5, 0.6) is 5.75 Å². The van der Waals surface area contributed by atoms with Crippen molar-refractivity contribution in [2.24, 2.45) is 7.05 Å². The molecule has 24 heavy (non-hydrogen) atoms. The lowest BCUT2D eigenvalue weighted by atomic mass is 10.1. The van der Waals surface area contributed by atoms with Crippen LogP contribution in [0, 0.1) is 20.8 Å². The number of pyridine rings is 1. The molecule has 0 unspecified atom stereocenters. The highest BCUT2D eigenvalue weighted by molar-refractivity contribution is 5.41. The largest absolute Gasteiger partial charge is 0.496 e. The van der Waals surface area contributed by atoms with Gasteiger partial charge in [0.25, 0.3) is 5.56 Å². The van der Waals surface area contributed by atoms with Gasteiger partial charge in [0.2, 0.25) is 0 Å². The summed E-state index contributed by atoms with van der Waals surface area (Å²) in [7, 11) is 3.47. The summed E-state index contributed by atoms with van der Waals surface area (Å²) in [5.74, 6) is 1.67. The highest BCUT2D eigenvalue weighted by Crippen LogP contribution is 2.25. The smallest absolute Gasteiger partial charge is 0.257 e. The van der Waals surface area contributed by atoms with Gasteiger partial charge in [0.15, 0.2) is 0 Å². The number of nitrogens with zero attached hydrogens (tertiary/aromatic N) is 4. The van der Waals surface area contributed by atoms with E-state index in [1.54, 1.807) is 18.7 Å². The molecule has 3 heterocycles. The van der Waals surface area contributed by atoms with E-state index in [2.05, 4.69) is 14.9 Å². The number of hydrogen-bond acceptors (Lipinski definition) is 5. The van der Waals surface area contributed by atoms with Crippen molar-refractivity contribution in [1.29, 1.82) is 0 Å². The molecule has 0 spiro atoms. The molecule has 0 saturated carbocycles. The molecule has 0 bridgehead atoms. The van der Waals surface area contributed by atoms with Crippen molar-refractivity contribution >= 4 is 0 Å². The summed E-state index contributed by atoms with van der Waals surface area (Å²) in [5.41, 5.74) is 4.92. The van der Waals surface area contributed by atoms with Crippen LogP contribution in [0.15, 0.2) is 11.0 Å². The predicted molar refractivity (Wildman–Crippen MR) is 92.3 cm³/mol. The van der Waals surface area contributed by atoms with Gasteiger partial charge in [-0.05, 0) is 20.8 Å². The minimum atomic E-state index is 0.0633. The zero-order chi connectivity index (χ0) is 17.4. The molecule has 2 aromatic rings. The molecule has 0 N–H and O–H groups in total. The third-order valence-corrected chi connectivity index (χ3v) is 4.86. The maximum absolute atomic E-state index is 12.5. The molecule has 6 heteroatoms. The monoisotopic (exact) mass is 328 g/mol. The van der Waals surface area contributed by atoms with Crippen LogP contribution < -0.4 is 10.3 Å². The Morgan fingerprint density at radius 2 is 2.04 bits per heavy atom. The van der Waals surface area contributed by atoms with Crippen molar-refractivity contribution in [2.75, 3.05) is 13.7 Å². The molecule has 1 aliphatic rings. The molecule has 128 valence electrons. The quantitative estimate of drug-likeness (QED) is 0.858. The number of rotatable bonds is 3. The van der Waals surface area contributed by atoms with Crippen LogP contribution in [0.1, 0.15) is 33.9 Å². The van der Waals surface area contributed by atoms with Crippen LogP contribution in [0.2, 0.25) is 0 Å². The minimum absolute atomic E-state index is 0.0633. The second kappa shape index (κ2) is 6.36. The Morgan fingerprint density at radius 3 is 2.75 bits per heavy atom. The first-order valence-corrected chi connectivity index (χ1v) is 8.19. The molecule has 3 rings (SSSR count). The van der Waals surface area contributed by atoms with E-state index >= 15 is 0 Å². The average molecular weight is 328 g/mol. The summed E-state index contributed by atoms with van der Waals surface area (Å²) in [5, 5.41) is 0. The average Bonchev–Trinajstić information content (AvgIpc) is 2.56. The van der Waals surface area contributed by atoms with Crippen molar-refractivity contribution in [3.8, 4) is 5.75 Å². The Kier molecular flexibility index (Phi) is 4.41. The standard InChI is InChI=1S/C18H24N4O2/c1-11-8-19-16(12(2)17(11)24-5)10-22-7-6-15-14(9-22)18(23)21(4)13(3)20-15/h8H,6-7,9-10H2,1-5H3. The van der Waals surface area contributed by atoms with Crippen LogP contribution in [0.4, 0.5) is 0 Å². The molecular weight excluding hydrogens is 304 g/mol. The number of aromatic nitrogens is 3. The van der Waals surface area contributed by atoms with Gasteiger partial charge in [-0.15, -0.1) is 0 Å². The van der Waals surface area contributed by atoms with Crippen LogP contribution in [-0.4, -0.2) is 33.1 Å². The van der Waals surface area contributed by atoms with Crippen molar-refractivity contribution in [1.82, 2.24) is 19.4 Å². The van der Waals surface area contributed by atoms with E-state index in [-0.39, 0.29) is 5.56 Å². The summed E-state index contributed by atoms with van der Waals surface area (Å²) in [6, 6.07) is 0. The van der Waals surface area contributed by atoms with Gasteiger partial charge >= 0.3 is 0 Å². The highest BCUT2D eigenvalue weighted by Gasteiger charge is 2.23. The predicted octanol–water partition coefficient (Wildman–Crippen LogP) is 1.67. The Morgan fingerprint density at radius 1 is 1.29 bits per heavy atom. The Bertz CT molecular complexity index is 842. The van der Waals surface area contributed by atoms with Crippen LogP contribution >= 0.6 is 0 Å². The SMILES string of the molecule is COc1c(C)cnc(CN2CCc3nc(C)n(C)c(=O)c3C2)c1C. The third-order valence-electron chi connectivity index (χ3n) is 4.86. The van der Waals surface area contributed by atoms with Gasteiger partial charge in [-0.3, -0.25) is 19.2 Å². The highest BCUT2D eigenvalue weighted by atomic mass is 16.5. The topological polar surface area (TPSA) is 60.2 Å². The van der Waals surface area contributed by atoms with E-state index in [1.165, 1.54) is 0 Å². The lowest BCUT2D eigenvalue weighted by Crippen LogP contribution is -2.38. The molecule has 0 saturated heterocycles. The van der Waals surface area contributed by atoms with Crippen molar-refractivity contribution in [2.45, 2.75) is 40.3 Å². The number of hydrogen-bond donors (Lipinski definition) is 0. The molecule has 0 atom stereocenters. The number of ether oxygens (including phenoxy) is 1. The van der Waals surface area contributed by atoms with Crippen molar-refractivity contribution in [3.05, 3.63) is 50.5 Å². The lowest BCUT2D eigenvalue weighted by Gasteiger charge is -2.28. The Balaban J connectivity index is 1.87. The molecule has 0 amide bonds. The van der Waals surface area contributed by atoms with E-state index in [9.17, 15) is 4.79 Å². The van der Waals surface area contributed by atoms with Gasteiger partial charge in [0.1, 0.15) is 11.6 Å². The fraction of sp³-hybridized carbons (Fsp3) is 0.500. The Labute approximate surface area is 142 Å². The molecule has 0 aromatic carbocycles. The summed E-state index contributed by atoms with van der Waals surface area (Å²) in [6.07, 6.45) is 2.65. The molecule has 0 aliphatic carbocycles. The molecular formula is C18H24N4O2. The Hall–Kier alpha value is -2.21. The fourth-order valence-electron chi connectivity index (χ4n) is 3.32. The second-order valence-electron chi connectivity index (χ2n) is 6.46.